The van der Waals surface area contributed by atoms with Gasteiger partial charge in [0.05, 0.1) is 15.9 Å². The molecule has 0 aromatic heterocycles. The van der Waals surface area contributed by atoms with Crippen LogP contribution < -0.4 is 14.2 Å². The van der Waals surface area contributed by atoms with Crippen molar-refractivity contribution in [3.05, 3.63) is 88.5 Å². The van der Waals surface area contributed by atoms with Crippen molar-refractivity contribution in [1.82, 2.24) is 0 Å². The molecule has 0 fully saturated rings. The molecule has 0 spiro atoms. The first-order chi connectivity index (χ1) is 14.2. The van der Waals surface area contributed by atoms with Gasteiger partial charge in [0.2, 0.25) is 0 Å². The average molecular weight is 499 g/mol. The fourth-order valence-corrected chi connectivity index (χ4v) is 3.36. The van der Waals surface area contributed by atoms with Gasteiger partial charge in [0.1, 0.15) is 18.1 Å². The number of benzene rings is 3. The highest BCUT2D eigenvalue weighted by Gasteiger charge is 2.11. The smallest absolute Gasteiger partial charge is 0.174 e. The molecule has 29 heavy (non-hydrogen) atoms. The molecule has 0 N–H and O–H groups in total. The number of hydrogen-bond acceptors (Lipinski definition) is 4. The Bertz CT molecular complexity index is 969. The van der Waals surface area contributed by atoms with Gasteiger partial charge in [0, 0.05) is 6.21 Å². The van der Waals surface area contributed by atoms with Crippen LogP contribution in [0.5, 0.6) is 23.0 Å². The summed E-state index contributed by atoms with van der Waals surface area (Å²) in [5, 5.41) is 0. The van der Waals surface area contributed by atoms with Crippen molar-refractivity contribution in [3.63, 3.8) is 0 Å². The first kappa shape index (κ1) is 20.9. The highest BCUT2D eigenvalue weighted by Crippen LogP contribution is 2.34. The number of hydrogen-bond donors (Lipinski definition) is 0. The van der Waals surface area contributed by atoms with E-state index < -0.39 is 0 Å². The van der Waals surface area contributed by atoms with E-state index in [0.29, 0.717) is 19.0 Å². The molecule has 0 saturated heterocycles. The molecule has 0 aliphatic heterocycles. The average Bonchev–Trinajstić information content (AvgIpc) is 2.74. The van der Waals surface area contributed by atoms with Crippen molar-refractivity contribution in [2.45, 2.75) is 6.92 Å². The molecule has 0 saturated carbocycles. The number of halogens is 1. The predicted octanol–water partition coefficient (Wildman–Crippen LogP) is 6.80. The van der Waals surface area contributed by atoms with Crippen LogP contribution in [0.1, 0.15) is 12.5 Å². The Labute approximate surface area is 185 Å². The quantitative estimate of drug-likeness (QED) is 0.185. The summed E-state index contributed by atoms with van der Waals surface area (Å²) in [5.74, 6) is 3.01. The van der Waals surface area contributed by atoms with Gasteiger partial charge < -0.3 is 14.2 Å². The van der Waals surface area contributed by atoms with Crippen LogP contribution in [-0.2, 0) is 0 Å². The zero-order chi connectivity index (χ0) is 20.5. The third-order valence-corrected chi connectivity index (χ3v) is 4.66. The van der Waals surface area contributed by atoms with E-state index in [0.717, 1.165) is 32.1 Å². The minimum absolute atomic E-state index is 0.431. The van der Waals surface area contributed by atoms with E-state index in [4.69, 9.17) is 14.2 Å². The van der Waals surface area contributed by atoms with Crippen LogP contribution in [-0.4, -0.2) is 19.4 Å². The zero-order valence-electron chi connectivity index (χ0n) is 16.2. The Morgan fingerprint density at radius 1 is 0.966 bits per heavy atom. The van der Waals surface area contributed by atoms with Crippen molar-refractivity contribution in [2.75, 3.05) is 13.2 Å². The summed E-state index contributed by atoms with van der Waals surface area (Å²) in [4.78, 5) is 4.56. The number of rotatable bonds is 9. The van der Waals surface area contributed by atoms with E-state index in [1.807, 2.05) is 79.9 Å². The summed E-state index contributed by atoms with van der Waals surface area (Å²) >= 11 is 2.24. The highest BCUT2D eigenvalue weighted by atomic mass is 127. The maximum absolute atomic E-state index is 5.81. The molecule has 3 rings (SSSR count). The third-order valence-electron chi connectivity index (χ3n) is 3.86. The Hall–Kier alpha value is -2.80. The maximum Gasteiger partial charge on any atom is 0.174 e. The fraction of sp³-hybridized carbons (Fsp3) is 0.125. The summed E-state index contributed by atoms with van der Waals surface area (Å²) in [6.45, 7) is 6.63. The first-order valence-electron chi connectivity index (χ1n) is 9.26. The molecular formula is C24H22INO3. The lowest BCUT2D eigenvalue weighted by atomic mass is 10.2. The first-order valence-corrected chi connectivity index (χ1v) is 10.3. The molecule has 148 valence electrons. The summed E-state index contributed by atoms with van der Waals surface area (Å²) in [6.07, 6.45) is 3.53. The minimum atomic E-state index is 0.431. The second kappa shape index (κ2) is 10.7. The lowest BCUT2D eigenvalue weighted by Crippen LogP contribution is -2.02. The molecule has 3 aromatic carbocycles. The number of ether oxygens (including phenoxy) is 3. The fourth-order valence-electron chi connectivity index (χ4n) is 2.58. The van der Waals surface area contributed by atoms with Crippen molar-refractivity contribution in [3.8, 4) is 23.0 Å². The standard InChI is InChI=1S/C24H22INO3/c1-3-14-28-24-22(25)15-18(16-23(24)27-4-2)17-26-19-10-12-21(13-11-19)29-20-8-6-5-7-9-20/h3,5-13,15-17H,1,4,14H2,2H3. The summed E-state index contributed by atoms with van der Waals surface area (Å²) in [6, 6.07) is 21.3. The number of para-hydroxylation sites is 1. The van der Waals surface area contributed by atoms with E-state index in [1.165, 1.54) is 0 Å². The molecule has 3 aromatic rings. The van der Waals surface area contributed by atoms with Crippen LogP contribution in [0, 0.1) is 3.57 Å². The van der Waals surface area contributed by atoms with Crippen LogP contribution in [0.4, 0.5) is 5.69 Å². The van der Waals surface area contributed by atoms with Crippen molar-refractivity contribution in [2.24, 2.45) is 4.99 Å². The molecule has 0 bridgehead atoms. The zero-order valence-corrected chi connectivity index (χ0v) is 18.3. The Morgan fingerprint density at radius 2 is 1.69 bits per heavy atom. The van der Waals surface area contributed by atoms with Crippen molar-refractivity contribution >= 4 is 34.5 Å². The van der Waals surface area contributed by atoms with Gasteiger partial charge in [0.25, 0.3) is 0 Å². The maximum atomic E-state index is 5.81. The number of nitrogens with zero attached hydrogens (tertiary/aromatic N) is 1. The van der Waals surface area contributed by atoms with Gasteiger partial charge in [-0.2, -0.15) is 0 Å². The van der Waals surface area contributed by atoms with E-state index in [2.05, 4.69) is 34.2 Å². The van der Waals surface area contributed by atoms with Crippen molar-refractivity contribution < 1.29 is 14.2 Å². The summed E-state index contributed by atoms with van der Waals surface area (Å²) < 4.78 is 18.2. The van der Waals surface area contributed by atoms with E-state index in [-0.39, 0.29) is 0 Å². The normalized spacial score (nSPS) is 10.7. The van der Waals surface area contributed by atoms with Crippen molar-refractivity contribution in [1.29, 1.82) is 0 Å². The van der Waals surface area contributed by atoms with Gasteiger partial charge >= 0.3 is 0 Å². The monoisotopic (exact) mass is 499 g/mol. The lowest BCUT2D eigenvalue weighted by molar-refractivity contribution is 0.295. The topological polar surface area (TPSA) is 40.0 Å². The second-order valence-electron chi connectivity index (χ2n) is 6.03. The van der Waals surface area contributed by atoms with E-state index in [9.17, 15) is 0 Å². The van der Waals surface area contributed by atoms with Gasteiger partial charge in [-0.1, -0.05) is 30.9 Å². The molecule has 5 heteroatoms. The Morgan fingerprint density at radius 3 is 2.38 bits per heavy atom. The van der Waals surface area contributed by atoms with Crippen LogP contribution in [0.25, 0.3) is 0 Å². The van der Waals surface area contributed by atoms with Gasteiger partial charge in [-0.3, -0.25) is 4.99 Å². The van der Waals surface area contributed by atoms with Gasteiger partial charge in [-0.05, 0) is 83.6 Å². The Kier molecular flexibility index (Phi) is 7.69. The predicted molar refractivity (Wildman–Crippen MR) is 126 cm³/mol. The molecule has 0 unspecified atom stereocenters. The molecule has 0 radical (unpaired) electrons. The minimum Gasteiger partial charge on any atom is -0.490 e. The van der Waals surface area contributed by atoms with Crippen LogP contribution >= 0.6 is 22.6 Å². The van der Waals surface area contributed by atoms with Gasteiger partial charge in [-0.15, -0.1) is 0 Å². The third kappa shape index (κ3) is 6.09. The summed E-state index contributed by atoms with van der Waals surface area (Å²) in [5.41, 5.74) is 1.78. The Balaban J connectivity index is 1.74. The molecule has 0 aliphatic carbocycles. The largest absolute Gasteiger partial charge is 0.490 e. The van der Waals surface area contributed by atoms with E-state index >= 15 is 0 Å². The molecular weight excluding hydrogens is 477 g/mol. The molecule has 0 heterocycles. The molecule has 4 nitrogen and oxygen atoms in total. The van der Waals surface area contributed by atoms with Gasteiger partial charge in [0.15, 0.2) is 11.5 Å². The van der Waals surface area contributed by atoms with Gasteiger partial charge in [-0.25, -0.2) is 0 Å². The lowest BCUT2D eigenvalue weighted by Gasteiger charge is -2.13. The molecule has 0 amide bonds. The van der Waals surface area contributed by atoms with Crippen LogP contribution in [0.3, 0.4) is 0 Å². The molecule has 0 aliphatic rings. The summed E-state index contributed by atoms with van der Waals surface area (Å²) in [7, 11) is 0. The second-order valence-corrected chi connectivity index (χ2v) is 7.19. The SMILES string of the molecule is C=CCOc1c(I)cc(C=Nc2ccc(Oc3ccccc3)cc2)cc1OCC. The highest BCUT2D eigenvalue weighted by molar-refractivity contribution is 14.1. The molecule has 0 atom stereocenters. The number of aliphatic imine (C=N–C) groups is 1. The van der Waals surface area contributed by atoms with Crippen LogP contribution in [0.15, 0.2) is 84.4 Å². The van der Waals surface area contributed by atoms with Crippen LogP contribution in [0.2, 0.25) is 0 Å². The van der Waals surface area contributed by atoms with E-state index in [1.54, 1.807) is 6.08 Å².